The van der Waals surface area contributed by atoms with E-state index >= 15 is 0 Å². The van der Waals surface area contributed by atoms with Gasteiger partial charge in [0.2, 0.25) is 0 Å². The largest absolute Gasteiger partial charge is 0.396 e. The summed E-state index contributed by atoms with van der Waals surface area (Å²) in [6.07, 6.45) is 2.99. The highest BCUT2D eigenvalue weighted by molar-refractivity contribution is 7.92. The first-order chi connectivity index (χ1) is 14.6. The highest BCUT2D eigenvalue weighted by Crippen LogP contribution is 2.36. The highest BCUT2D eigenvalue weighted by atomic mass is 32.2. The molecule has 3 rings (SSSR count). The fourth-order valence-corrected chi connectivity index (χ4v) is 3.93. The van der Waals surface area contributed by atoms with Crippen molar-refractivity contribution in [1.29, 1.82) is 0 Å². The van der Waals surface area contributed by atoms with Crippen LogP contribution in [-0.2, 0) is 21.2 Å². The van der Waals surface area contributed by atoms with Crippen LogP contribution in [0.2, 0.25) is 0 Å². The lowest BCUT2D eigenvalue weighted by Gasteiger charge is -2.24. The molecule has 3 atom stereocenters. The number of aromatic nitrogens is 2. The molecule has 1 amide bonds. The van der Waals surface area contributed by atoms with Crippen LogP contribution in [0.25, 0.3) is 10.9 Å². The summed E-state index contributed by atoms with van der Waals surface area (Å²) in [5.41, 5.74) is 1.89. The van der Waals surface area contributed by atoms with Crippen molar-refractivity contribution in [1.82, 2.24) is 15.3 Å². The van der Waals surface area contributed by atoms with Crippen LogP contribution in [0.15, 0.2) is 18.3 Å². The number of carbonyl (C=O) groups is 1. The van der Waals surface area contributed by atoms with Gasteiger partial charge in [0.25, 0.3) is 5.91 Å². The number of aliphatic hydroxyl groups excluding tert-OH is 1. The molecular formula is C21H22FN3O5S. The maximum absolute atomic E-state index is 14.8. The number of hydrogen-bond acceptors (Lipinski definition) is 6. The first-order valence-electron chi connectivity index (χ1n) is 9.53. The number of fused-ring (bicyclic) bond motifs is 1. The predicted octanol–water partition coefficient (Wildman–Crippen LogP) is 0.858. The molecule has 0 saturated heterocycles. The smallest absolute Gasteiger partial charge is 0.264 e. The van der Waals surface area contributed by atoms with Crippen LogP contribution in [0.4, 0.5) is 4.39 Å². The summed E-state index contributed by atoms with van der Waals surface area (Å²) in [5, 5.41) is 22.3. The summed E-state index contributed by atoms with van der Waals surface area (Å²) in [7, 11) is -3.84. The Bertz CT molecular complexity index is 1250. The number of halogens is 1. The van der Waals surface area contributed by atoms with Gasteiger partial charge >= 0.3 is 0 Å². The quantitative estimate of drug-likeness (QED) is 0.343. The molecule has 0 radical (unpaired) electrons. The number of benzene rings is 1. The second-order valence-corrected chi connectivity index (χ2v) is 10.2. The van der Waals surface area contributed by atoms with Gasteiger partial charge in [-0.15, -0.1) is 0 Å². The van der Waals surface area contributed by atoms with E-state index in [1.165, 1.54) is 29.3 Å². The van der Waals surface area contributed by atoms with Crippen molar-refractivity contribution in [2.75, 3.05) is 12.9 Å². The molecule has 10 heteroatoms. The molecule has 8 nitrogen and oxygen atoms in total. The van der Waals surface area contributed by atoms with Gasteiger partial charge in [-0.05, 0) is 55.6 Å². The number of aliphatic hydroxyl groups is 1. The zero-order valence-electron chi connectivity index (χ0n) is 17.0. The van der Waals surface area contributed by atoms with E-state index in [-0.39, 0.29) is 42.4 Å². The zero-order valence-corrected chi connectivity index (χ0v) is 17.8. The zero-order chi connectivity index (χ0) is 22.8. The highest BCUT2D eigenvalue weighted by Gasteiger charge is 2.43. The summed E-state index contributed by atoms with van der Waals surface area (Å²) in [6.45, 7) is 1.32. The van der Waals surface area contributed by atoms with E-state index in [0.29, 0.717) is 5.52 Å². The fraction of sp³-hybridized carbons (Fsp3) is 0.429. The molecular weight excluding hydrogens is 425 g/mol. The van der Waals surface area contributed by atoms with Gasteiger partial charge in [0.05, 0.1) is 16.5 Å². The fourth-order valence-electron chi connectivity index (χ4n) is 3.09. The Labute approximate surface area is 179 Å². The Morgan fingerprint density at radius 1 is 1.42 bits per heavy atom. The van der Waals surface area contributed by atoms with Gasteiger partial charge in [0.15, 0.2) is 14.6 Å². The Kier molecular flexibility index (Phi) is 6.37. The first-order valence-corrected chi connectivity index (χ1v) is 11.4. The molecule has 1 aliphatic rings. The van der Waals surface area contributed by atoms with Crippen molar-refractivity contribution >= 4 is 26.6 Å². The summed E-state index contributed by atoms with van der Waals surface area (Å²) in [4.78, 5) is 11.9. The van der Waals surface area contributed by atoms with E-state index < -0.39 is 26.3 Å². The second-order valence-electron chi connectivity index (χ2n) is 7.75. The summed E-state index contributed by atoms with van der Waals surface area (Å²) in [5.74, 6) is 9.63. The minimum Gasteiger partial charge on any atom is -0.396 e. The normalized spacial score (nSPS) is 19.5. The predicted molar refractivity (Wildman–Crippen MR) is 111 cm³/mol. The number of rotatable bonds is 6. The molecule has 1 heterocycles. The lowest BCUT2D eigenvalue weighted by molar-refractivity contribution is -0.131. The van der Waals surface area contributed by atoms with E-state index in [1.807, 2.05) is 0 Å². The standard InChI is InChI=1S/C21H22FN3O5S/c1-21(20(27)24-28,31(2,29)30)9-10-25-12-17-18(23-25)8-7-14(19(17)22)5-3-4-6-15-11-16(15)13-26/h7-8,12,15-16,26,28H,9-11,13H2,1-2H3,(H,24,27)/t15-,16+,21+/m0/s1. The third-order valence-corrected chi connectivity index (χ3v) is 7.59. The van der Waals surface area contributed by atoms with Crippen molar-refractivity contribution in [3.05, 3.63) is 29.7 Å². The average Bonchev–Trinajstić information content (AvgIpc) is 3.36. The van der Waals surface area contributed by atoms with Crippen molar-refractivity contribution in [3.8, 4) is 23.7 Å². The molecule has 0 bridgehead atoms. The molecule has 31 heavy (non-hydrogen) atoms. The van der Waals surface area contributed by atoms with Gasteiger partial charge in [0.1, 0.15) is 5.82 Å². The summed E-state index contributed by atoms with van der Waals surface area (Å²) >= 11 is 0. The van der Waals surface area contributed by atoms with E-state index in [4.69, 9.17) is 10.3 Å². The van der Waals surface area contributed by atoms with Crippen LogP contribution in [-0.4, -0.2) is 52.0 Å². The Hall–Kier alpha value is -2.92. The van der Waals surface area contributed by atoms with Crippen molar-refractivity contribution in [3.63, 3.8) is 0 Å². The molecule has 1 aliphatic carbocycles. The van der Waals surface area contributed by atoms with Crippen LogP contribution < -0.4 is 5.48 Å². The Balaban J connectivity index is 1.79. The minimum atomic E-state index is -3.84. The molecule has 1 fully saturated rings. The van der Waals surface area contributed by atoms with E-state index in [9.17, 15) is 17.6 Å². The maximum Gasteiger partial charge on any atom is 0.264 e. The Morgan fingerprint density at radius 3 is 2.77 bits per heavy atom. The molecule has 0 aliphatic heterocycles. The number of aryl methyl sites for hydroxylation is 1. The second kappa shape index (κ2) is 8.67. The van der Waals surface area contributed by atoms with Crippen molar-refractivity contribution < 1.29 is 27.9 Å². The lowest BCUT2D eigenvalue weighted by atomic mass is 10.1. The Morgan fingerprint density at radius 2 is 2.16 bits per heavy atom. The maximum atomic E-state index is 14.8. The van der Waals surface area contributed by atoms with Crippen LogP contribution in [0.5, 0.6) is 0 Å². The van der Waals surface area contributed by atoms with E-state index in [0.717, 1.165) is 12.7 Å². The number of amides is 1. The topological polar surface area (TPSA) is 122 Å². The summed E-state index contributed by atoms with van der Waals surface area (Å²) < 4.78 is 38.4. The van der Waals surface area contributed by atoms with Gasteiger partial charge in [-0.25, -0.2) is 18.3 Å². The minimum absolute atomic E-state index is 0.00497. The number of nitrogens with one attached hydrogen (secondary N) is 1. The van der Waals surface area contributed by atoms with Crippen LogP contribution in [0.1, 0.15) is 25.3 Å². The van der Waals surface area contributed by atoms with Crippen molar-refractivity contribution in [2.45, 2.75) is 31.1 Å². The summed E-state index contributed by atoms with van der Waals surface area (Å²) in [6, 6.07) is 3.07. The van der Waals surface area contributed by atoms with Gasteiger partial charge in [-0.1, -0.05) is 5.92 Å². The first kappa shape index (κ1) is 22.8. The number of nitrogens with zero attached hydrogens (tertiary/aromatic N) is 2. The van der Waals surface area contributed by atoms with Crippen LogP contribution in [0, 0.1) is 41.3 Å². The number of hydroxylamine groups is 1. The SMILES string of the molecule is C[C@@](CCn1cc2c(F)c(C#CC#C[C@H]3C[C@@H]3CO)ccc2n1)(C(=O)NO)S(C)(=O)=O. The molecule has 1 saturated carbocycles. The lowest BCUT2D eigenvalue weighted by Crippen LogP contribution is -2.49. The molecule has 0 spiro atoms. The average molecular weight is 447 g/mol. The molecule has 0 unspecified atom stereocenters. The third-order valence-electron chi connectivity index (χ3n) is 5.56. The van der Waals surface area contributed by atoms with Crippen LogP contribution >= 0.6 is 0 Å². The number of sulfone groups is 1. The van der Waals surface area contributed by atoms with Crippen molar-refractivity contribution in [2.24, 2.45) is 11.8 Å². The van der Waals surface area contributed by atoms with Gasteiger partial charge in [-0.2, -0.15) is 5.10 Å². The third kappa shape index (κ3) is 4.72. The van der Waals surface area contributed by atoms with Gasteiger partial charge in [-0.3, -0.25) is 14.7 Å². The molecule has 164 valence electrons. The monoisotopic (exact) mass is 447 g/mol. The molecule has 1 aromatic heterocycles. The van der Waals surface area contributed by atoms with Gasteiger partial charge < -0.3 is 5.11 Å². The molecule has 2 aromatic rings. The number of hydrogen-bond donors (Lipinski definition) is 3. The number of carbonyl (C=O) groups excluding carboxylic acids is 1. The molecule has 1 aromatic carbocycles. The van der Waals surface area contributed by atoms with Crippen LogP contribution in [0.3, 0.4) is 0 Å². The van der Waals surface area contributed by atoms with E-state index in [2.05, 4.69) is 28.8 Å². The van der Waals surface area contributed by atoms with E-state index in [1.54, 1.807) is 6.07 Å². The van der Waals surface area contributed by atoms with Gasteiger partial charge in [0, 0.05) is 31.5 Å². The molecule has 3 N–H and O–H groups in total.